The molecular weight excluding hydrogens is 352 g/mol. The lowest BCUT2D eigenvalue weighted by atomic mass is 10.0. The molecule has 4 rings (SSSR count). The first-order chi connectivity index (χ1) is 12.7. The van der Waals surface area contributed by atoms with Gasteiger partial charge in [0, 0.05) is 24.7 Å². The molecular formula is C19H19ClN4O2. The fraction of sp³-hybridized carbons (Fsp3) is 0.316. The highest BCUT2D eigenvalue weighted by molar-refractivity contribution is 6.32. The number of nitrogens with one attached hydrogen (secondary N) is 1. The summed E-state index contributed by atoms with van der Waals surface area (Å²) in [6.07, 6.45) is 5.51. The highest BCUT2D eigenvalue weighted by Gasteiger charge is 2.16. The minimum atomic E-state index is -0.347. The van der Waals surface area contributed by atoms with E-state index < -0.39 is 0 Å². The van der Waals surface area contributed by atoms with E-state index in [-0.39, 0.29) is 10.6 Å². The predicted octanol–water partition coefficient (Wildman–Crippen LogP) is 3.27. The average molecular weight is 371 g/mol. The van der Waals surface area contributed by atoms with Crippen molar-refractivity contribution in [1.82, 2.24) is 14.8 Å². The van der Waals surface area contributed by atoms with Crippen LogP contribution >= 0.6 is 11.6 Å². The maximum Gasteiger partial charge on any atom is 0.292 e. The molecule has 1 fully saturated rings. The van der Waals surface area contributed by atoms with E-state index in [1.54, 1.807) is 12.4 Å². The van der Waals surface area contributed by atoms with Crippen molar-refractivity contribution in [1.29, 1.82) is 0 Å². The second-order valence-electron chi connectivity index (χ2n) is 6.43. The molecule has 1 aliphatic rings. The molecule has 0 aliphatic carbocycles. The van der Waals surface area contributed by atoms with Crippen molar-refractivity contribution in [2.75, 3.05) is 25.1 Å². The number of benzene rings is 1. The van der Waals surface area contributed by atoms with E-state index >= 15 is 0 Å². The van der Waals surface area contributed by atoms with Gasteiger partial charge < -0.3 is 10.1 Å². The number of halogens is 1. The zero-order valence-electron chi connectivity index (χ0n) is 14.2. The Bertz CT molecular complexity index is 983. The monoisotopic (exact) mass is 370 g/mol. The van der Waals surface area contributed by atoms with Crippen LogP contribution in [0.25, 0.3) is 16.6 Å². The lowest BCUT2D eigenvalue weighted by molar-refractivity contribution is 0.0595. The number of anilines is 1. The first-order valence-corrected chi connectivity index (χ1v) is 9.05. The Morgan fingerprint density at radius 2 is 2.27 bits per heavy atom. The van der Waals surface area contributed by atoms with Crippen LogP contribution in [-0.4, -0.2) is 34.5 Å². The summed E-state index contributed by atoms with van der Waals surface area (Å²) in [5.74, 6) is 0.426. The molecule has 0 saturated carbocycles. The van der Waals surface area contributed by atoms with Gasteiger partial charge in [-0.3, -0.25) is 9.78 Å². The lowest BCUT2D eigenvalue weighted by Crippen LogP contribution is -2.26. The maximum atomic E-state index is 12.7. The highest BCUT2D eigenvalue weighted by Crippen LogP contribution is 2.20. The van der Waals surface area contributed by atoms with Crippen molar-refractivity contribution in [3.8, 4) is 5.69 Å². The van der Waals surface area contributed by atoms with Crippen LogP contribution < -0.4 is 10.9 Å². The number of pyridine rings is 1. The number of nitrogens with zero attached hydrogens (tertiary/aromatic N) is 3. The Kier molecular flexibility index (Phi) is 4.86. The SMILES string of the molecule is O=c1c(Cl)c(NC[C@@H]2CCCOC2)cnn1-c1ccc2ncccc2c1. The van der Waals surface area contributed by atoms with Gasteiger partial charge >= 0.3 is 0 Å². The Labute approximate surface area is 155 Å². The van der Waals surface area contributed by atoms with E-state index in [1.165, 1.54) is 4.68 Å². The molecule has 2 aromatic heterocycles. The van der Waals surface area contributed by atoms with Gasteiger partial charge in [0.05, 0.1) is 29.7 Å². The molecule has 1 atom stereocenters. The normalized spacial score (nSPS) is 17.3. The summed E-state index contributed by atoms with van der Waals surface area (Å²) < 4.78 is 6.79. The van der Waals surface area contributed by atoms with Crippen LogP contribution in [0.4, 0.5) is 5.69 Å². The number of ether oxygens (including phenoxy) is 1. The Morgan fingerprint density at radius 1 is 1.35 bits per heavy atom. The molecule has 1 aliphatic heterocycles. The van der Waals surface area contributed by atoms with E-state index in [0.29, 0.717) is 23.8 Å². The molecule has 6 nitrogen and oxygen atoms in total. The van der Waals surface area contributed by atoms with Crippen LogP contribution in [0, 0.1) is 5.92 Å². The molecule has 0 amide bonds. The van der Waals surface area contributed by atoms with Gasteiger partial charge in [-0.1, -0.05) is 17.7 Å². The molecule has 1 saturated heterocycles. The second-order valence-corrected chi connectivity index (χ2v) is 6.81. The molecule has 26 heavy (non-hydrogen) atoms. The minimum Gasteiger partial charge on any atom is -0.382 e. The standard InChI is InChI=1S/C19H19ClN4O2/c20-18-17(22-10-13-3-2-8-26-12-13)11-23-24(19(18)25)15-5-6-16-14(9-15)4-1-7-21-16/h1,4-7,9,11,13,22H,2-3,8,10,12H2/t13-/m0/s1. The zero-order valence-corrected chi connectivity index (χ0v) is 14.9. The topological polar surface area (TPSA) is 69.0 Å². The number of rotatable bonds is 4. The first kappa shape index (κ1) is 17.0. The van der Waals surface area contributed by atoms with Crippen molar-refractivity contribution in [2.24, 2.45) is 5.92 Å². The van der Waals surface area contributed by atoms with Crippen molar-refractivity contribution >= 4 is 28.2 Å². The van der Waals surface area contributed by atoms with Crippen LogP contribution in [0.5, 0.6) is 0 Å². The van der Waals surface area contributed by atoms with E-state index in [2.05, 4.69) is 15.4 Å². The third-order valence-corrected chi connectivity index (χ3v) is 4.95. The van der Waals surface area contributed by atoms with Gasteiger partial charge in [-0.25, -0.2) is 0 Å². The summed E-state index contributed by atoms with van der Waals surface area (Å²) in [6.45, 7) is 2.28. The summed E-state index contributed by atoms with van der Waals surface area (Å²) in [7, 11) is 0. The van der Waals surface area contributed by atoms with Crippen molar-refractivity contribution in [3.05, 3.63) is 58.1 Å². The molecule has 0 radical (unpaired) electrons. The van der Waals surface area contributed by atoms with Crippen LogP contribution in [-0.2, 0) is 4.74 Å². The number of hydrogen-bond donors (Lipinski definition) is 1. The number of hydrogen-bond acceptors (Lipinski definition) is 5. The highest BCUT2D eigenvalue weighted by atomic mass is 35.5. The smallest absolute Gasteiger partial charge is 0.292 e. The van der Waals surface area contributed by atoms with Crippen molar-refractivity contribution in [3.63, 3.8) is 0 Å². The second kappa shape index (κ2) is 7.43. The minimum absolute atomic E-state index is 0.142. The Morgan fingerprint density at radius 3 is 3.12 bits per heavy atom. The molecule has 7 heteroatoms. The predicted molar refractivity (Wildman–Crippen MR) is 102 cm³/mol. The largest absolute Gasteiger partial charge is 0.382 e. The average Bonchev–Trinajstić information content (AvgIpc) is 2.69. The van der Waals surface area contributed by atoms with Crippen molar-refractivity contribution < 1.29 is 4.74 Å². The zero-order chi connectivity index (χ0) is 17.9. The summed E-state index contributed by atoms with van der Waals surface area (Å²) in [5, 5.41) is 8.60. The molecule has 1 N–H and O–H groups in total. The number of aromatic nitrogens is 3. The molecule has 1 aromatic carbocycles. The third kappa shape index (κ3) is 3.43. The Balaban J connectivity index is 1.59. The molecule has 3 heterocycles. The molecule has 134 valence electrons. The van der Waals surface area contributed by atoms with Crippen LogP contribution in [0.1, 0.15) is 12.8 Å². The third-order valence-electron chi connectivity index (χ3n) is 4.59. The maximum absolute atomic E-state index is 12.7. The lowest BCUT2D eigenvalue weighted by Gasteiger charge is -2.22. The summed E-state index contributed by atoms with van der Waals surface area (Å²) in [4.78, 5) is 17.0. The van der Waals surface area contributed by atoms with E-state index in [9.17, 15) is 4.79 Å². The van der Waals surface area contributed by atoms with E-state index in [0.717, 1.165) is 37.0 Å². The van der Waals surface area contributed by atoms with E-state index in [1.807, 2.05) is 30.3 Å². The molecule has 0 bridgehead atoms. The van der Waals surface area contributed by atoms with Gasteiger partial charge in [-0.2, -0.15) is 9.78 Å². The number of fused-ring (bicyclic) bond motifs is 1. The van der Waals surface area contributed by atoms with Crippen LogP contribution in [0.3, 0.4) is 0 Å². The van der Waals surface area contributed by atoms with Gasteiger partial charge in [-0.15, -0.1) is 0 Å². The summed E-state index contributed by atoms with van der Waals surface area (Å²) in [5.41, 5.74) is 1.73. The van der Waals surface area contributed by atoms with E-state index in [4.69, 9.17) is 16.3 Å². The fourth-order valence-electron chi connectivity index (χ4n) is 3.16. The van der Waals surface area contributed by atoms with Gasteiger partial charge in [0.2, 0.25) is 0 Å². The van der Waals surface area contributed by atoms with Crippen LogP contribution in [0.15, 0.2) is 47.5 Å². The van der Waals surface area contributed by atoms with Gasteiger partial charge in [0.15, 0.2) is 0 Å². The molecule has 0 unspecified atom stereocenters. The van der Waals surface area contributed by atoms with Gasteiger partial charge in [-0.05, 0) is 43.0 Å². The molecule has 3 aromatic rings. The van der Waals surface area contributed by atoms with Crippen molar-refractivity contribution in [2.45, 2.75) is 12.8 Å². The molecule has 0 spiro atoms. The Hall–Kier alpha value is -2.44. The first-order valence-electron chi connectivity index (χ1n) is 8.67. The van der Waals surface area contributed by atoms with Crippen LogP contribution in [0.2, 0.25) is 5.02 Å². The fourth-order valence-corrected chi connectivity index (χ4v) is 3.35. The summed E-state index contributed by atoms with van der Waals surface area (Å²) >= 11 is 6.30. The summed E-state index contributed by atoms with van der Waals surface area (Å²) in [6, 6.07) is 9.35. The quantitative estimate of drug-likeness (QED) is 0.763. The van der Waals surface area contributed by atoms with Gasteiger partial charge in [0.1, 0.15) is 5.02 Å². The van der Waals surface area contributed by atoms with Gasteiger partial charge in [0.25, 0.3) is 5.56 Å².